The van der Waals surface area contributed by atoms with E-state index in [0.717, 1.165) is 27.9 Å². The number of hydrogen-bond donors (Lipinski definition) is 1. The SMILES string of the molecule is CCCNc1nc(-c2ccc(Cl)cc2OC)ncc1I. The van der Waals surface area contributed by atoms with Gasteiger partial charge in [0.2, 0.25) is 0 Å². The number of rotatable bonds is 5. The smallest absolute Gasteiger partial charge is 0.165 e. The third-order valence-electron chi connectivity index (χ3n) is 2.69. The lowest BCUT2D eigenvalue weighted by atomic mass is 10.2. The van der Waals surface area contributed by atoms with Crippen molar-refractivity contribution in [1.29, 1.82) is 0 Å². The zero-order chi connectivity index (χ0) is 14.5. The first kappa shape index (κ1) is 15.3. The van der Waals surface area contributed by atoms with Gasteiger partial charge in [-0.2, -0.15) is 0 Å². The third kappa shape index (κ3) is 3.52. The van der Waals surface area contributed by atoms with Crippen LogP contribution in [0.5, 0.6) is 5.75 Å². The molecule has 0 unspecified atom stereocenters. The standard InChI is InChI=1S/C14H15ClIN3O/c1-3-6-17-14-11(16)8-18-13(19-14)10-5-4-9(15)7-12(10)20-2/h4-5,7-8H,3,6H2,1-2H3,(H,17,18,19). The lowest BCUT2D eigenvalue weighted by Gasteiger charge is -2.11. The molecule has 0 bridgehead atoms. The van der Waals surface area contributed by atoms with Gasteiger partial charge < -0.3 is 10.1 Å². The maximum absolute atomic E-state index is 5.97. The molecule has 0 aliphatic rings. The second-order valence-corrected chi connectivity index (χ2v) is 5.76. The summed E-state index contributed by atoms with van der Waals surface area (Å²) >= 11 is 8.19. The Bertz CT molecular complexity index is 607. The molecule has 0 spiro atoms. The number of nitrogens with zero attached hydrogens (tertiary/aromatic N) is 2. The summed E-state index contributed by atoms with van der Waals surface area (Å²) in [6.07, 6.45) is 2.84. The Hall–Kier alpha value is -1.08. The quantitative estimate of drug-likeness (QED) is 0.759. The highest BCUT2D eigenvalue weighted by Crippen LogP contribution is 2.31. The predicted molar refractivity (Wildman–Crippen MR) is 90.5 cm³/mol. The molecule has 1 N–H and O–H groups in total. The first-order valence-corrected chi connectivity index (χ1v) is 7.71. The highest BCUT2D eigenvalue weighted by molar-refractivity contribution is 14.1. The van der Waals surface area contributed by atoms with E-state index < -0.39 is 0 Å². The van der Waals surface area contributed by atoms with Gasteiger partial charge in [-0.15, -0.1) is 0 Å². The van der Waals surface area contributed by atoms with Crippen LogP contribution in [0.1, 0.15) is 13.3 Å². The van der Waals surface area contributed by atoms with E-state index in [9.17, 15) is 0 Å². The van der Waals surface area contributed by atoms with Crippen molar-refractivity contribution in [1.82, 2.24) is 9.97 Å². The van der Waals surface area contributed by atoms with Crippen LogP contribution in [-0.4, -0.2) is 23.6 Å². The lowest BCUT2D eigenvalue weighted by molar-refractivity contribution is 0.416. The number of halogens is 2. The summed E-state index contributed by atoms with van der Waals surface area (Å²) < 4.78 is 6.34. The Balaban J connectivity index is 2.42. The maximum Gasteiger partial charge on any atom is 0.165 e. The van der Waals surface area contributed by atoms with Gasteiger partial charge in [0.1, 0.15) is 11.6 Å². The van der Waals surface area contributed by atoms with Gasteiger partial charge in [0.15, 0.2) is 5.82 Å². The fourth-order valence-corrected chi connectivity index (χ4v) is 2.33. The summed E-state index contributed by atoms with van der Waals surface area (Å²) in [6.45, 7) is 2.99. The van der Waals surface area contributed by atoms with Crippen LogP contribution in [0.4, 0.5) is 5.82 Å². The average Bonchev–Trinajstić information content (AvgIpc) is 2.46. The van der Waals surface area contributed by atoms with Gasteiger partial charge in [-0.1, -0.05) is 18.5 Å². The molecule has 4 nitrogen and oxygen atoms in total. The highest BCUT2D eigenvalue weighted by Gasteiger charge is 2.11. The molecular weight excluding hydrogens is 389 g/mol. The molecule has 1 aromatic carbocycles. The summed E-state index contributed by atoms with van der Waals surface area (Å²) in [5.41, 5.74) is 0.827. The summed E-state index contributed by atoms with van der Waals surface area (Å²) in [5.74, 6) is 2.13. The Labute approximate surface area is 137 Å². The molecule has 0 aliphatic carbocycles. The van der Waals surface area contributed by atoms with Crippen LogP contribution >= 0.6 is 34.2 Å². The molecule has 0 saturated carbocycles. The van der Waals surface area contributed by atoms with Gasteiger partial charge in [0.05, 0.1) is 16.2 Å². The van der Waals surface area contributed by atoms with E-state index in [1.807, 2.05) is 6.07 Å². The van der Waals surface area contributed by atoms with E-state index in [4.69, 9.17) is 16.3 Å². The summed E-state index contributed by atoms with van der Waals surface area (Å²) in [7, 11) is 1.61. The molecule has 1 heterocycles. The van der Waals surface area contributed by atoms with Crippen LogP contribution in [0.15, 0.2) is 24.4 Å². The molecule has 0 saturated heterocycles. The monoisotopic (exact) mass is 403 g/mol. The molecule has 2 rings (SSSR count). The molecule has 0 aliphatic heterocycles. The van der Waals surface area contributed by atoms with E-state index in [1.165, 1.54) is 0 Å². The Morgan fingerprint density at radius 2 is 2.20 bits per heavy atom. The largest absolute Gasteiger partial charge is 0.496 e. The number of hydrogen-bond acceptors (Lipinski definition) is 4. The number of ether oxygens (including phenoxy) is 1. The van der Waals surface area contributed by atoms with Gasteiger partial charge in [-0.3, -0.25) is 0 Å². The molecule has 0 atom stereocenters. The van der Waals surface area contributed by atoms with E-state index >= 15 is 0 Å². The molecule has 20 heavy (non-hydrogen) atoms. The van der Waals surface area contributed by atoms with Gasteiger partial charge in [-0.25, -0.2) is 9.97 Å². The van der Waals surface area contributed by atoms with Crippen LogP contribution < -0.4 is 10.1 Å². The zero-order valence-electron chi connectivity index (χ0n) is 11.3. The summed E-state index contributed by atoms with van der Waals surface area (Å²) in [6, 6.07) is 5.43. The van der Waals surface area contributed by atoms with Crippen molar-refractivity contribution in [2.45, 2.75) is 13.3 Å². The Morgan fingerprint density at radius 3 is 2.90 bits per heavy atom. The number of anilines is 1. The highest BCUT2D eigenvalue weighted by atomic mass is 127. The topological polar surface area (TPSA) is 47.0 Å². The number of nitrogens with one attached hydrogen (secondary N) is 1. The fourth-order valence-electron chi connectivity index (χ4n) is 1.71. The lowest BCUT2D eigenvalue weighted by Crippen LogP contribution is -2.06. The molecule has 0 fully saturated rings. The fraction of sp³-hybridized carbons (Fsp3) is 0.286. The van der Waals surface area contributed by atoms with Crippen LogP contribution in [0.2, 0.25) is 5.02 Å². The molecule has 106 valence electrons. The average molecular weight is 404 g/mol. The van der Waals surface area contributed by atoms with Crippen molar-refractivity contribution in [2.75, 3.05) is 19.0 Å². The minimum Gasteiger partial charge on any atom is -0.496 e. The van der Waals surface area contributed by atoms with Crippen molar-refractivity contribution in [3.63, 3.8) is 0 Å². The summed E-state index contributed by atoms with van der Waals surface area (Å²) in [4.78, 5) is 8.94. The predicted octanol–water partition coefficient (Wildman–Crippen LogP) is 4.23. The van der Waals surface area contributed by atoms with E-state index in [-0.39, 0.29) is 0 Å². The Kier molecular flexibility index (Phi) is 5.42. The molecule has 6 heteroatoms. The molecular formula is C14H15ClIN3O. The normalized spacial score (nSPS) is 10.4. The summed E-state index contributed by atoms with van der Waals surface area (Å²) in [5, 5.41) is 3.92. The Morgan fingerprint density at radius 1 is 1.40 bits per heavy atom. The third-order valence-corrected chi connectivity index (χ3v) is 3.72. The molecule has 0 amide bonds. The minimum absolute atomic E-state index is 0.623. The van der Waals surface area contributed by atoms with Gasteiger partial charge in [-0.05, 0) is 47.2 Å². The minimum atomic E-state index is 0.623. The van der Waals surface area contributed by atoms with Crippen molar-refractivity contribution in [3.05, 3.63) is 33.0 Å². The van der Waals surface area contributed by atoms with E-state index in [2.05, 4.69) is 44.8 Å². The van der Waals surface area contributed by atoms with Crippen LogP contribution in [0.25, 0.3) is 11.4 Å². The second-order valence-electron chi connectivity index (χ2n) is 4.16. The van der Waals surface area contributed by atoms with Gasteiger partial charge >= 0.3 is 0 Å². The second kappa shape index (κ2) is 7.08. The van der Waals surface area contributed by atoms with Crippen molar-refractivity contribution < 1.29 is 4.74 Å². The number of benzene rings is 1. The van der Waals surface area contributed by atoms with Crippen LogP contribution in [0.3, 0.4) is 0 Å². The van der Waals surface area contributed by atoms with Crippen LogP contribution in [0, 0.1) is 3.57 Å². The van der Waals surface area contributed by atoms with Gasteiger partial charge in [0.25, 0.3) is 0 Å². The van der Waals surface area contributed by atoms with Crippen molar-refractivity contribution in [2.24, 2.45) is 0 Å². The number of methoxy groups -OCH3 is 1. The zero-order valence-corrected chi connectivity index (χ0v) is 14.2. The van der Waals surface area contributed by atoms with Crippen molar-refractivity contribution in [3.8, 4) is 17.1 Å². The molecule has 2 aromatic rings. The molecule has 0 radical (unpaired) electrons. The molecule has 1 aromatic heterocycles. The first-order chi connectivity index (χ1) is 9.65. The van der Waals surface area contributed by atoms with Crippen LogP contribution in [-0.2, 0) is 0 Å². The number of aromatic nitrogens is 2. The van der Waals surface area contributed by atoms with E-state index in [0.29, 0.717) is 16.6 Å². The first-order valence-electron chi connectivity index (χ1n) is 6.26. The van der Waals surface area contributed by atoms with Crippen molar-refractivity contribution >= 4 is 40.0 Å². The van der Waals surface area contributed by atoms with Gasteiger partial charge in [0, 0.05) is 17.8 Å². The van der Waals surface area contributed by atoms with E-state index in [1.54, 1.807) is 25.4 Å². The maximum atomic E-state index is 5.97.